The molecule has 7 heteroatoms. The summed E-state index contributed by atoms with van der Waals surface area (Å²) in [6.07, 6.45) is 0.599. The predicted molar refractivity (Wildman–Crippen MR) is 84.4 cm³/mol. The molecule has 0 aliphatic carbocycles. The molecule has 0 spiro atoms. The Morgan fingerprint density at radius 3 is 2.68 bits per heavy atom. The van der Waals surface area contributed by atoms with Crippen molar-refractivity contribution in [1.82, 2.24) is 10.2 Å². The minimum atomic E-state index is -2.93. The van der Waals surface area contributed by atoms with Crippen molar-refractivity contribution in [3.63, 3.8) is 0 Å². The molecule has 1 N–H and O–H groups in total. The standard InChI is InChI=1S/C15H24N2O4S/c1-10-7-14(12(3)21-10)11(2)16-15(18)8-17(4)13-5-6-22(19,20)9-13/h7,11,13H,5-6,8-9H2,1-4H3,(H,16,18). The van der Waals surface area contributed by atoms with Crippen molar-refractivity contribution in [2.24, 2.45) is 0 Å². The minimum Gasteiger partial charge on any atom is -0.466 e. The number of aryl methyl sites for hydroxylation is 2. The van der Waals surface area contributed by atoms with Crippen LogP contribution in [0.5, 0.6) is 0 Å². The van der Waals surface area contributed by atoms with Gasteiger partial charge in [0.25, 0.3) is 0 Å². The first-order chi connectivity index (χ1) is 10.2. The maximum absolute atomic E-state index is 12.1. The zero-order valence-corrected chi connectivity index (χ0v) is 14.4. The van der Waals surface area contributed by atoms with Gasteiger partial charge in [0, 0.05) is 11.6 Å². The first-order valence-corrected chi connectivity index (χ1v) is 9.27. The summed E-state index contributed by atoms with van der Waals surface area (Å²) in [6, 6.07) is 1.72. The molecule has 0 aromatic carbocycles. The molecular weight excluding hydrogens is 304 g/mol. The number of amides is 1. The van der Waals surface area contributed by atoms with E-state index in [4.69, 9.17) is 4.42 Å². The molecule has 1 aromatic rings. The molecular formula is C15H24N2O4S. The second-order valence-corrected chi connectivity index (χ2v) is 8.36. The maximum Gasteiger partial charge on any atom is 0.234 e. The van der Waals surface area contributed by atoms with Crippen molar-refractivity contribution in [3.05, 3.63) is 23.2 Å². The fourth-order valence-corrected chi connectivity index (χ4v) is 4.73. The number of likely N-dealkylation sites (N-methyl/N-ethyl adjacent to an activating group) is 1. The summed E-state index contributed by atoms with van der Waals surface area (Å²) < 4.78 is 28.5. The fourth-order valence-electron chi connectivity index (χ4n) is 2.92. The summed E-state index contributed by atoms with van der Waals surface area (Å²) in [5, 5.41) is 2.94. The molecule has 0 radical (unpaired) electrons. The molecule has 1 aliphatic rings. The Labute approximate surface area is 131 Å². The molecule has 6 nitrogen and oxygen atoms in total. The van der Waals surface area contributed by atoms with Gasteiger partial charge in [0.05, 0.1) is 24.1 Å². The third kappa shape index (κ3) is 4.10. The lowest BCUT2D eigenvalue weighted by Gasteiger charge is -2.23. The Bertz CT molecular complexity index is 650. The van der Waals surface area contributed by atoms with Crippen LogP contribution in [0.1, 0.15) is 36.5 Å². The van der Waals surface area contributed by atoms with Gasteiger partial charge in [-0.05, 0) is 40.3 Å². The van der Waals surface area contributed by atoms with Crippen LogP contribution in [0, 0.1) is 13.8 Å². The van der Waals surface area contributed by atoms with Gasteiger partial charge >= 0.3 is 0 Å². The van der Waals surface area contributed by atoms with Crippen LogP contribution in [0.4, 0.5) is 0 Å². The molecule has 2 rings (SSSR count). The zero-order valence-electron chi connectivity index (χ0n) is 13.5. The van der Waals surface area contributed by atoms with Gasteiger partial charge in [-0.3, -0.25) is 9.69 Å². The average Bonchev–Trinajstić information content (AvgIpc) is 2.91. The Hall–Kier alpha value is -1.34. The van der Waals surface area contributed by atoms with Crippen LogP contribution >= 0.6 is 0 Å². The lowest BCUT2D eigenvalue weighted by Crippen LogP contribution is -2.41. The van der Waals surface area contributed by atoms with E-state index in [0.29, 0.717) is 6.42 Å². The van der Waals surface area contributed by atoms with E-state index in [1.165, 1.54) is 0 Å². The highest BCUT2D eigenvalue weighted by Gasteiger charge is 2.31. The molecule has 124 valence electrons. The second-order valence-electron chi connectivity index (χ2n) is 6.13. The van der Waals surface area contributed by atoms with Crippen molar-refractivity contribution in [2.45, 2.75) is 39.3 Å². The number of nitrogens with zero attached hydrogens (tertiary/aromatic N) is 1. The summed E-state index contributed by atoms with van der Waals surface area (Å²) in [7, 11) is -1.14. The van der Waals surface area contributed by atoms with E-state index in [-0.39, 0.29) is 36.0 Å². The number of rotatable bonds is 5. The number of carbonyl (C=O) groups excluding carboxylic acids is 1. The number of nitrogens with one attached hydrogen (secondary N) is 1. The van der Waals surface area contributed by atoms with Gasteiger partial charge in [-0.25, -0.2) is 8.42 Å². The number of furan rings is 1. The van der Waals surface area contributed by atoms with Crippen molar-refractivity contribution in [1.29, 1.82) is 0 Å². The van der Waals surface area contributed by atoms with Crippen LogP contribution in [0.25, 0.3) is 0 Å². The van der Waals surface area contributed by atoms with E-state index in [9.17, 15) is 13.2 Å². The molecule has 2 heterocycles. The van der Waals surface area contributed by atoms with Crippen LogP contribution in [0.2, 0.25) is 0 Å². The Balaban J connectivity index is 1.89. The van der Waals surface area contributed by atoms with Gasteiger partial charge in [0.2, 0.25) is 5.91 Å². The van der Waals surface area contributed by atoms with Crippen molar-refractivity contribution >= 4 is 15.7 Å². The van der Waals surface area contributed by atoms with Gasteiger partial charge in [-0.15, -0.1) is 0 Å². The van der Waals surface area contributed by atoms with Gasteiger partial charge < -0.3 is 9.73 Å². The number of carbonyl (C=O) groups is 1. The summed E-state index contributed by atoms with van der Waals surface area (Å²) >= 11 is 0. The molecule has 1 saturated heterocycles. The molecule has 1 fully saturated rings. The van der Waals surface area contributed by atoms with Gasteiger partial charge in [-0.1, -0.05) is 0 Å². The maximum atomic E-state index is 12.1. The van der Waals surface area contributed by atoms with Gasteiger partial charge in [0.15, 0.2) is 9.84 Å². The summed E-state index contributed by atoms with van der Waals surface area (Å²) in [4.78, 5) is 14.0. The minimum absolute atomic E-state index is 0.0658. The monoisotopic (exact) mass is 328 g/mol. The molecule has 1 aromatic heterocycles. The predicted octanol–water partition coefficient (Wildman–Crippen LogP) is 1.19. The molecule has 22 heavy (non-hydrogen) atoms. The zero-order chi connectivity index (χ0) is 16.5. The Morgan fingerprint density at radius 1 is 1.50 bits per heavy atom. The third-order valence-electron chi connectivity index (χ3n) is 4.15. The fraction of sp³-hybridized carbons (Fsp3) is 0.667. The van der Waals surface area contributed by atoms with E-state index >= 15 is 0 Å². The largest absolute Gasteiger partial charge is 0.466 e. The molecule has 2 atom stereocenters. The summed E-state index contributed by atoms with van der Waals surface area (Å²) in [5.41, 5.74) is 0.969. The Kier molecular flexibility index (Phi) is 4.97. The van der Waals surface area contributed by atoms with Crippen LogP contribution in [-0.2, 0) is 14.6 Å². The lowest BCUT2D eigenvalue weighted by molar-refractivity contribution is -0.123. The Morgan fingerprint density at radius 2 is 2.18 bits per heavy atom. The number of sulfone groups is 1. The molecule has 0 saturated carbocycles. The highest BCUT2D eigenvalue weighted by atomic mass is 32.2. The average molecular weight is 328 g/mol. The smallest absolute Gasteiger partial charge is 0.234 e. The molecule has 1 aliphatic heterocycles. The number of hydrogen-bond acceptors (Lipinski definition) is 5. The first-order valence-electron chi connectivity index (χ1n) is 7.45. The quantitative estimate of drug-likeness (QED) is 0.878. The van der Waals surface area contributed by atoms with Crippen LogP contribution in [0.3, 0.4) is 0 Å². The van der Waals surface area contributed by atoms with E-state index in [1.807, 2.05) is 31.7 Å². The second kappa shape index (κ2) is 6.42. The third-order valence-corrected chi connectivity index (χ3v) is 5.90. The van der Waals surface area contributed by atoms with Crippen molar-refractivity contribution in [2.75, 3.05) is 25.1 Å². The molecule has 0 bridgehead atoms. The van der Waals surface area contributed by atoms with Crippen molar-refractivity contribution in [3.8, 4) is 0 Å². The topological polar surface area (TPSA) is 79.6 Å². The van der Waals surface area contributed by atoms with E-state index < -0.39 is 9.84 Å². The first kappa shape index (κ1) is 17.0. The lowest BCUT2D eigenvalue weighted by atomic mass is 10.1. The molecule has 1 amide bonds. The van der Waals surface area contributed by atoms with Crippen LogP contribution in [0.15, 0.2) is 10.5 Å². The number of hydrogen-bond donors (Lipinski definition) is 1. The van der Waals surface area contributed by atoms with Gasteiger partial charge in [-0.2, -0.15) is 0 Å². The normalized spacial score (nSPS) is 22.0. The van der Waals surface area contributed by atoms with Crippen molar-refractivity contribution < 1.29 is 17.6 Å². The highest BCUT2D eigenvalue weighted by molar-refractivity contribution is 7.91. The SMILES string of the molecule is Cc1cc(C(C)NC(=O)CN(C)C2CCS(=O)(=O)C2)c(C)o1. The highest BCUT2D eigenvalue weighted by Crippen LogP contribution is 2.21. The molecule has 2 unspecified atom stereocenters. The van der Waals surface area contributed by atoms with E-state index in [1.54, 1.807) is 7.05 Å². The van der Waals surface area contributed by atoms with Crippen LogP contribution in [-0.4, -0.2) is 50.4 Å². The van der Waals surface area contributed by atoms with E-state index in [2.05, 4.69) is 5.32 Å². The summed E-state index contributed by atoms with van der Waals surface area (Å²) in [6.45, 7) is 5.86. The van der Waals surface area contributed by atoms with E-state index in [0.717, 1.165) is 17.1 Å². The van der Waals surface area contributed by atoms with Gasteiger partial charge in [0.1, 0.15) is 11.5 Å². The van der Waals surface area contributed by atoms with Crippen LogP contribution < -0.4 is 5.32 Å². The summed E-state index contributed by atoms with van der Waals surface area (Å²) in [5.74, 6) is 1.87.